The highest BCUT2D eigenvalue weighted by atomic mass is 19.4. The number of alkyl halides is 3. The molecule has 114 valence electrons. The number of nitrogens with one attached hydrogen (secondary N) is 1. The van der Waals surface area contributed by atoms with Crippen LogP contribution in [-0.2, 0) is 0 Å². The number of rotatable bonds is 7. The monoisotopic (exact) mass is 280 g/mol. The molecule has 0 bridgehead atoms. The third kappa shape index (κ3) is 4.63. The smallest absolute Gasteiger partial charge is 0.330 e. The Morgan fingerprint density at radius 3 is 2.11 bits per heavy atom. The lowest BCUT2D eigenvalue weighted by molar-refractivity contribution is -0.165. The Balaban J connectivity index is 2.30. The van der Waals surface area contributed by atoms with Crippen LogP contribution in [0.15, 0.2) is 0 Å². The summed E-state index contributed by atoms with van der Waals surface area (Å²) in [7, 11) is 0. The van der Waals surface area contributed by atoms with Gasteiger partial charge in [-0.15, -0.1) is 0 Å². The molecule has 3 N–H and O–H groups in total. The fourth-order valence-electron chi connectivity index (χ4n) is 2.57. The fourth-order valence-corrected chi connectivity index (χ4v) is 2.57. The molecule has 5 heteroatoms. The largest absolute Gasteiger partial charge is 0.406 e. The molecule has 1 unspecified atom stereocenters. The second kappa shape index (κ2) is 6.00. The van der Waals surface area contributed by atoms with Crippen LogP contribution < -0.4 is 11.1 Å². The Labute approximate surface area is 114 Å². The average Bonchev–Trinajstić information content (AvgIpc) is 3.01. The number of hydrogen-bond donors (Lipinski definition) is 2. The van der Waals surface area contributed by atoms with Crippen molar-refractivity contribution < 1.29 is 13.2 Å². The van der Waals surface area contributed by atoms with Gasteiger partial charge in [-0.2, -0.15) is 13.2 Å². The van der Waals surface area contributed by atoms with Crippen LogP contribution >= 0.6 is 0 Å². The standard InChI is InChI=1S/C14H27F3N2/c1-12(2,3)11(6-9-18)5-4-10-19-13(7-8-13)14(15,16)17/h11,19H,4-10,18H2,1-3H3. The topological polar surface area (TPSA) is 38.0 Å². The highest BCUT2D eigenvalue weighted by molar-refractivity contribution is 5.07. The molecule has 2 nitrogen and oxygen atoms in total. The summed E-state index contributed by atoms with van der Waals surface area (Å²) in [6.07, 6.45) is -1.01. The van der Waals surface area contributed by atoms with Gasteiger partial charge in [0, 0.05) is 0 Å². The summed E-state index contributed by atoms with van der Waals surface area (Å²) in [5, 5.41) is 2.70. The zero-order valence-electron chi connectivity index (χ0n) is 12.2. The van der Waals surface area contributed by atoms with Crippen LogP contribution in [0.1, 0.15) is 52.9 Å². The molecule has 0 saturated heterocycles. The van der Waals surface area contributed by atoms with E-state index in [0.717, 1.165) is 19.3 Å². The van der Waals surface area contributed by atoms with E-state index in [-0.39, 0.29) is 18.3 Å². The molecule has 0 radical (unpaired) electrons. The molecule has 1 saturated carbocycles. The molecule has 19 heavy (non-hydrogen) atoms. The van der Waals surface area contributed by atoms with Crippen molar-refractivity contribution in [3.63, 3.8) is 0 Å². The van der Waals surface area contributed by atoms with Crippen LogP contribution in [0.3, 0.4) is 0 Å². The van der Waals surface area contributed by atoms with Crippen LogP contribution in [0, 0.1) is 11.3 Å². The van der Waals surface area contributed by atoms with Crippen molar-refractivity contribution in [2.24, 2.45) is 17.1 Å². The van der Waals surface area contributed by atoms with Crippen LogP contribution in [0.4, 0.5) is 13.2 Å². The van der Waals surface area contributed by atoms with Crippen molar-refractivity contribution in [3.8, 4) is 0 Å². The molecule has 0 amide bonds. The molecule has 0 aliphatic heterocycles. The van der Waals surface area contributed by atoms with Crippen LogP contribution in [0.5, 0.6) is 0 Å². The summed E-state index contributed by atoms with van der Waals surface area (Å²) in [4.78, 5) is 0. The third-order valence-corrected chi connectivity index (χ3v) is 4.23. The predicted octanol–water partition coefficient (Wildman–Crippen LogP) is 3.46. The summed E-state index contributed by atoms with van der Waals surface area (Å²) < 4.78 is 38.1. The van der Waals surface area contributed by atoms with Gasteiger partial charge < -0.3 is 11.1 Å². The van der Waals surface area contributed by atoms with Gasteiger partial charge in [-0.25, -0.2) is 0 Å². The van der Waals surface area contributed by atoms with Gasteiger partial charge in [0.25, 0.3) is 0 Å². The van der Waals surface area contributed by atoms with Crippen molar-refractivity contribution >= 4 is 0 Å². The summed E-state index contributed by atoms with van der Waals surface area (Å²) >= 11 is 0. The van der Waals surface area contributed by atoms with Gasteiger partial charge in [0.15, 0.2) is 0 Å². The zero-order valence-corrected chi connectivity index (χ0v) is 12.2. The van der Waals surface area contributed by atoms with E-state index in [1.807, 2.05) is 0 Å². The predicted molar refractivity (Wildman–Crippen MR) is 71.9 cm³/mol. The summed E-state index contributed by atoms with van der Waals surface area (Å²) in [5.74, 6) is 0.473. The Bertz CT molecular complexity index is 277. The zero-order chi connectivity index (χ0) is 14.7. The second-order valence-corrected chi connectivity index (χ2v) is 6.79. The summed E-state index contributed by atoms with van der Waals surface area (Å²) in [6.45, 7) is 7.58. The minimum Gasteiger partial charge on any atom is -0.330 e. The van der Waals surface area contributed by atoms with E-state index in [1.165, 1.54) is 0 Å². The van der Waals surface area contributed by atoms with Gasteiger partial charge in [-0.05, 0) is 56.5 Å². The van der Waals surface area contributed by atoms with E-state index < -0.39 is 11.7 Å². The Hall–Kier alpha value is -0.290. The van der Waals surface area contributed by atoms with E-state index >= 15 is 0 Å². The van der Waals surface area contributed by atoms with Crippen molar-refractivity contribution in [1.29, 1.82) is 0 Å². The van der Waals surface area contributed by atoms with E-state index in [9.17, 15) is 13.2 Å². The molecule has 0 heterocycles. The Kier molecular flexibility index (Phi) is 5.29. The van der Waals surface area contributed by atoms with Crippen molar-refractivity contribution in [2.45, 2.75) is 64.6 Å². The minimum absolute atomic E-state index is 0.167. The summed E-state index contributed by atoms with van der Waals surface area (Å²) in [5.41, 5.74) is 4.20. The number of halogens is 3. The molecule has 1 atom stereocenters. The maximum Gasteiger partial charge on any atom is 0.406 e. The Morgan fingerprint density at radius 1 is 1.16 bits per heavy atom. The lowest BCUT2D eigenvalue weighted by Crippen LogP contribution is -2.45. The van der Waals surface area contributed by atoms with E-state index in [1.54, 1.807) is 0 Å². The fraction of sp³-hybridized carbons (Fsp3) is 1.00. The SMILES string of the molecule is CC(C)(C)C(CCN)CCCNC1(C(F)(F)F)CC1. The first-order valence-electron chi connectivity index (χ1n) is 7.14. The van der Waals surface area contributed by atoms with Crippen molar-refractivity contribution in [1.82, 2.24) is 5.32 Å². The molecule has 0 aromatic rings. The molecule has 0 spiro atoms. The molecule has 1 aliphatic rings. The van der Waals surface area contributed by atoms with Gasteiger partial charge in [0.05, 0.1) is 0 Å². The van der Waals surface area contributed by atoms with Gasteiger partial charge in [0.2, 0.25) is 0 Å². The first-order chi connectivity index (χ1) is 8.62. The van der Waals surface area contributed by atoms with E-state index in [0.29, 0.717) is 19.0 Å². The van der Waals surface area contributed by atoms with E-state index in [2.05, 4.69) is 26.1 Å². The van der Waals surface area contributed by atoms with Gasteiger partial charge in [-0.3, -0.25) is 0 Å². The van der Waals surface area contributed by atoms with Crippen LogP contribution in [-0.4, -0.2) is 24.8 Å². The average molecular weight is 280 g/mol. The highest BCUT2D eigenvalue weighted by Gasteiger charge is 2.62. The lowest BCUT2D eigenvalue weighted by atomic mass is 9.76. The molecule has 0 aromatic heterocycles. The van der Waals surface area contributed by atoms with Gasteiger partial charge in [0.1, 0.15) is 5.54 Å². The molecular weight excluding hydrogens is 253 g/mol. The number of nitrogens with two attached hydrogens (primary N) is 1. The summed E-state index contributed by atoms with van der Waals surface area (Å²) in [6, 6.07) is 0. The molecular formula is C14H27F3N2. The van der Waals surface area contributed by atoms with Crippen molar-refractivity contribution in [2.75, 3.05) is 13.1 Å². The molecule has 1 rings (SSSR count). The third-order valence-electron chi connectivity index (χ3n) is 4.23. The molecule has 1 fully saturated rings. The Morgan fingerprint density at radius 2 is 1.74 bits per heavy atom. The second-order valence-electron chi connectivity index (χ2n) is 6.79. The van der Waals surface area contributed by atoms with Gasteiger partial charge >= 0.3 is 6.18 Å². The first kappa shape index (κ1) is 16.8. The quantitative estimate of drug-likeness (QED) is 0.701. The van der Waals surface area contributed by atoms with Gasteiger partial charge in [-0.1, -0.05) is 20.8 Å². The maximum atomic E-state index is 12.7. The van der Waals surface area contributed by atoms with Crippen LogP contribution in [0.2, 0.25) is 0 Å². The lowest BCUT2D eigenvalue weighted by Gasteiger charge is -2.31. The maximum absolute atomic E-state index is 12.7. The van der Waals surface area contributed by atoms with Crippen LogP contribution in [0.25, 0.3) is 0 Å². The first-order valence-corrected chi connectivity index (χ1v) is 7.14. The van der Waals surface area contributed by atoms with Crippen molar-refractivity contribution in [3.05, 3.63) is 0 Å². The molecule has 1 aliphatic carbocycles. The van der Waals surface area contributed by atoms with E-state index in [4.69, 9.17) is 5.73 Å². The minimum atomic E-state index is -4.10. The molecule has 0 aromatic carbocycles. The number of hydrogen-bond acceptors (Lipinski definition) is 2. The normalized spacial score (nSPS) is 20.4. The highest BCUT2D eigenvalue weighted by Crippen LogP contribution is 2.48.